The van der Waals surface area contributed by atoms with Crippen molar-refractivity contribution in [1.82, 2.24) is 19.9 Å². The molecule has 2 heterocycles. The molecular weight excluding hydrogens is 487 g/mol. The lowest BCUT2D eigenvalue weighted by atomic mass is 9.95. The smallest absolute Gasteiger partial charge is 0.278 e. The molecule has 11 heteroatoms. The van der Waals surface area contributed by atoms with Crippen molar-refractivity contribution >= 4 is 37.4 Å². The third-order valence-corrected chi connectivity index (χ3v) is 7.28. The molecular formula is C18H17BrClFN4O3S. The molecule has 29 heavy (non-hydrogen) atoms. The van der Waals surface area contributed by atoms with Crippen LogP contribution in [-0.4, -0.2) is 40.3 Å². The van der Waals surface area contributed by atoms with Crippen LogP contribution in [0, 0.1) is 12.7 Å². The number of hydrogen-bond acceptors (Lipinski definition) is 6. The third-order valence-electron chi connectivity index (χ3n) is 5.04. The van der Waals surface area contributed by atoms with Gasteiger partial charge in [0.15, 0.2) is 11.5 Å². The molecule has 1 aliphatic rings. The lowest BCUT2D eigenvalue weighted by Gasteiger charge is -2.12. The van der Waals surface area contributed by atoms with Gasteiger partial charge in [-0.25, -0.2) is 12.8 Å². The Labute approximate surface area is 180 Å². The predicted octanol–water partition coefficient (Wildman–Crippen LogP) is 3.92. The Bertz CT molecular complexity index is 1200. The topological polar surface area (TPSA) is 90.9 Å². The molecule has 0 saturated heterocycles. The van der Waals surface area contributed by atoms with Crippen molar-refractivity contribution in [3.63, 3.8) is 0 Å². The van der Waals surface area contributed by atoms with E-state index in [-0.39, 0.29) is 18.2 Å². The highest BCUT2D eigenvalue weighted by Gasteiger charge is 2.51. The zero-order chi connectivity index (χ0) is 21.0. The molecule has 0 bridgehead atoms. The van der Waals surface area contributed by atoms with Gasteiger partial charge in [-0.2, -0.15) is 10.1 Å². The highest BCUT2D eigenvalue weighted by atomic mass is 79.9. The molecule has 4 rings (SSSR count). The lowest BCUT2D eigenvalue weighted by Crippen LogP contribution is -2.12. The van der Waals surface area contributed by atoms with Gasteiger partial charge in [-0.15, -0.1) is 0 Å². The molecule has 0 spiro atoms. The van der Waals surface area contributed by atoms with Crippen LogP contribution in [-0.2, 0) is 21.8 Å². The van der Waals surface area contributed by atoms with Gasteiger partial charge in [-0.1, -0.05) is 22.8 Å². The molecule has 154 valence electrons. The molecule has 0 aliphatic heterocycles. The fourth-order valence-electron chi connectivity index (χ4n) is 3.26. The minimum absolute atomic E-state index is 0.0343. The number of rotatable bonds is 6. The predicted molar refractivity (Wildman–Crippen MR) is 109 cm³/mol. The van der Waals surface area contributed by atoms with E-state index in [1.165, 1.54) is 18.4 Å². The number of hydrogen-bond donors (Lipinski definition) is 0. The second-order valence-corrected chi connectivity index (χ2v) is 10.7. The molecule has 0 atom stereocenters. The van der Waals surface area contributed by atoms with E-state index in [0.717, 1.165) is 24.0 Å². The molecule has 0 amide bonds. The fraction of sp³-hybridized carbons (Fsp3) is 0.389. The van der Waals surface area contributed by atoms with E-state index >= 15 is 0 Å². The molecule has 7 nitrogen and oxygen atoms in total. The fourth-order valence-corrected chi connectivity index (χ4v) is 4.56. The van der Waals surface area contributed by atoms with Gasteiger partial charge in [0, 0.05) is 16.8 Å². The maximum absolute atomic E-state index is 13.4. The average molecular weight is 504 g/mol. The molecule has 0 N–H and O–H groups in total. The van der Waals surface area contributed by atoms with Gasteiger partial charge in [0.2, 0.25) is 0 Å². The summed E-state index contributed by atoms with van der Waals surface area (Å²) in [6, 6.07) is 4.30. The van der Waals surface area contributed by atoms with Crippen molar-refractivity contribution in [1.29, 1.82) is 0 Å². The van der Waals surface area contributed by atoms with Crippen LogP contribution in [0.15, 0.2) is 27.3 Å². The van der Waals surface area contributed by atoms with Gasteiger partial charge < -0.3 is 4.52 Å². The van der Waals surface area contributed by atoms with Crippen LogP contribution >= 0.6 is 27.5 Å². The lowest BCUT2D eigenvalue weighted by molar-refractivity contribution is 0.416. The SMILES string of the molecule is Cc1c(-c2nc(C3(c4ccc(F)cc4Cl)CC3)no2)nn(CCS(C)(=O)=O)c1Br. The standard InChI is InChI=1S/C18H17BrClFN4O3S/c1-10-14(23-25(15(10)19)7-8-29(2,26)27)16-22-17(24-28-16)18(5-6-18)12-4-3-11(21)9-13(12)20/h3-4,9H,5-8H2,1-2H3. The van der Waals surface area contributed by atoms with Crippen LogP contribution in [0.5, 0.6) is 0 Å². The normalized spacial score (nSPS) is 15.6. The number of aromatic nitrogens is 4. The molecule has 2 aromatic heterocycles. The Morgan fingerprint density at radius 3 is 2.72 bits per heavy atom. The minimum Gasteiger partial charge on any atom is -0.332 e. The summed E-state index contributed by atoms with van der Waals surface area (Å²) in [4.78, 5) is 4.53. The average Bonchev–Trinajstić information content (AvgIpc) is 3.18. The highest BCUT2D eigenvalue weighted by molar-refractivity contribution is 9.10. The monoisotopic (exact) mass is 502 g/mol. The first kappa shape index (κ1) is 20.5. The van der Waals surface area contributed by atoms with E-state index in [1.54, 1.807) is 10.7 Å². The Balaban J connectivity index is 1.66. The van der Waals surface area contributed by atoms with Crippen LogP contribution in [0.25, 0.3) is 11.6 Å². The number of nitrogens with zero attached hydrogens (tertiary/aromatic N) is 4. The molecule has 1 aromatic carbocycles. The summed E-state index contributed by atoms with van der Waals surface area (Å²) in [5.41, 5.74) is 1.52. The van der Waals surface area contributed by atoms with Crippen molar-refractivity contribution < 1.29 is 17.3 Å². The number of aryl methyl sites for hydroxylation is 1. The summed E-state index contributed by atoms with van der Waals surface area (Å²) < 4.78 is 44.0. The van der Waals surface area contributed by atoms with E-state index in [1.807, 2.05) is 6.92 Å². The summed E-state index contributed by atoms with van der Waals surface area (Å²) in [6.45, 7) is 2.04. The molecule has 1 aliphatic carbocycles. The first-order chi connectivity index (χ1) is 13.6. The van der Waals surface area contributed by atoms with Crippen LogP contribution in [0.2, 0.25) is 5.02 Å². The van der Waals surface area contributed by atoms with Crippen LogP contribution in [0.1, 0.15) is 29.8 Å². The largest absolute Gasteiger partial charge is 0.332 e. The quantitative estimate of drug-likeness (QED) is 0.506. The second kappa shape index (κ2) is 7.17. The Morgan fingerprint density at radius 1 is 1.38 bits per heavy atom. The summed E-state index contributed by atoms with van der Waals surface area (Å²) in [5.74, 6) is 0.277. The first-order valence-electron chi connectivity index (χ1n) is 8.81. The van der Waals surface area contributed by atoms with E-state index in [0.29, 0.717) is 21.1 Å². The minimum atomic E-state index is -3.12. The van der Waals surface area contributed by atoms with Gasteiger partial charge >= 0.3 is 0 Å². The number of benzene rings is 1. The molecule has 0 unspecified atom stereocenters. The van der Waals surface area contributed by atoms with Gasteiger partial charge in [-0.3, -0.25) is 4.68 Å². The molecule has 0 radical (unpaired) electrons. The molecule has 3 aromatic rings. The van der Waals surface area contributed by atoms with Crippen molar-refractivity contribution in [2.75, 3.05) is 12.0 Å². The maximum atomic E-state index is 13.4. The van der Waals surface area contributed by atoms with Crippen LogP contribution in [0.4, 0.5) is 4.39 Å². The van der Waals surface area contributed by atoms with Gasteiger partial charge in [-0.05, 0) is 53.4 Å². The number of sulfone groups is 1. The first-order valence-corrected chi connectivity index (χ1v) is 12.0. The Hall–Kier alpha value is -1.78. The maximum Gasteiger partial charge on any atom is 0.278 e. The molecule has 1 saturated carbocycles. The summed E-state index contributed by atoms with van der Waals surface area (Å²) in [7, 11) is -3.12. The zero-order valence-corrected chi connectivity index (χ0v) is 18.8. The van der Waals surface area contributed by atoms with Crippen molar-refractivity contribution in [2.24, 2.45) is 0 Å². The van der Waals surface area contributed by atoms with Gasteiger partial charge in [0.1, 0.15) is 20.3 Å². The Kier molecular flexibility index (Phi) is 5.07. The van der Waals surface area contributed by atoms with Crippen LogP contribution in [0.3, 0.4) is 0 Å². The summed E-state index contributed by atoms with van der Waals surface area (Å²) >= 11 is 9.69. The van der Waals surface area contributed by atoms with E-state index in [9.17, 15) is 12.8 Å². The van der Waals surface area contributed by atoms with E-state index in [2.05, 4.69) is 31.2 Å². The van der Waals surface area contributed by atoms with E-state index < -0.39 is 21.1 Å². The number of halogens is 3. The third kappa shape index (κ3) is 3.85. The van der Waals surface area contributed by atoms with Gasteiger partial charge in [0.25, 0.3) is 5.89 Å². The van der Waals surface area contributed by atoms with Crippen molar-refractivity contribution in [3.8, 4) is 11.6 Å². The van der Waals surface area contributed by atoms with Crippen molar-refractivity contribution in [3.05, 3.63) is 50.6 Å². The summed E-state index contributed by atoms with van der Waals surface area (Å²) in [5, 5.41) is 8.90. The van der Waals surface area contributed by atoms with Crippen LogP contribution < -0.4 is 0 Å². The highest BCUT2D eigenvalue weighted by Crippen LogP contribution is 2.54. The zero-order valence-electron chi connectivity index (χ0n) is 15.6. The second-order valence-electron chi connectivity index (χ2n) is 7.25. The molecule has 1 fully saturated rings. The van der Waals surface area contributed by atoms with Gasteiger partial charge in [0.05, 0.1) is 17.7 Å². The van der Waals surface area contributed by atoms with Crippen molar-refractivity contribution in [2.45, 2.75) is 31.7 Å². The van der Waals surface area contributed by atoms with E-state index in [4.69, 9.17) is 16.1 Å². The summed E-state index contributed by atoms with van der Waals surface area (Å²) in [6.07, 6.45) is 2.74. The Morgan fingerprint density at radius 2 is 2.10 bits per heavy atom.